The van der Waals surface area contributed by atoms with Crippen molar-refractivity contribution in [3.63, 3.8) is 0 Å². The fourth-order valence-corrected chi connectivity index (χ4v) is 4.18. The van der Waals surface area contributed by atoms with Gasteiger partial charge in [0.1, 0.15) is 5.60 Å². The molecule has 2 aliphatic rings. The molecule has 0 bridgehead atoms. The summed E-state index contributed by atoms with van der Waals surface area (Å²) in [5, 5.41) is 0.858. The molecule has 1 unspecified atom stereocenters. The molecule has 0 radical (unpaired) electrons. The van der Waals surface area contributed by atoms with E-state index in [0.29, 0.717) is 13.1 Å². The number of fused-ring (bicyclic) bond motifs is 1. The molecular weight excluding hydrogens is 432 g/mol. The molecule has 1 aromatic carbocycles. The van der Waals surface area contributed by atoms with Crippen molar-refractivity contribution in [1.29, 1.82) is 0 Å². The molecule has 1 saturated carbocycles. The molecule has 1 aliphatic carbocycles. The van der Waals surface area contributed by atoms with Gasteiger partial charge in [-0.3, -0.25) is 4.79 Å². The average Bonchev–Trinajstić information content (AvgIpc) is 3.54. The number of hydrogen-bond donors (Lipinski definition) is 0. The number of alkyl halides is 2. The summed E-state index contributed by atoms with van der Waals surface area (Å²) in [5.41, 5.74) is 0.925. The zero-order valence-electron chi connectivity index (χ0n) is 19.3. The Morgan fingerprint density at radius 3 is 2.64 bits per heavy atom. The Kier molecular flexibility index (Phi) is 6.61. The number of hydrogen-bond acceptors (Lipinski definition) is 4. The van der Waals surface area contributed by atoms with Crippen molar-refractivity contribution in [2.75, 3.05) is 19.7 Å². The highest BCUT2D eigenvalue weighted by Gasteiger charge is 2.39. The van der Waals surface area contributed by atoms with E-state index in [2.05, 4.69) is 0 Å². The largest absolute Gasteiger partial charge is 0.444 e. The number of carbonyl (C=O) groups is 2. The maximum atomic E-state index is 13.5. The zero-order valence-corrected chi connectivity index (χ0v) is 19.3. The highest BCUT2D eigenvalue weighted by atomic mass is 19.3. The predicted octanol–water partition coefficient (Wildman–Crippen LogP) is 4.03. The van der Waals surface area contributed by atoms with Crippen LogP contribution >= 0.6 is 0 Å². The van der Waals surface area contributed by atoms with Gasteiger partial charge in [0.15, 0.2) is 6.10 Å². The van der Waals surface area contributed by atoms with Crippen molar-refractivity contribution in [3.8, 4) is 0 Å². The van der Waals surface area contributed by atoms with E-state index >= 15 is 0 Å². The number of morpholine rings is 1. The van der Waals surface area contributed by atoms with Crippen LogP contribution in [0.3, 0.4) is 0 Å². The van der Waals surface area contributed by atoms with E-state index in [1.165, 1.54) is 4.90 Å². The second-order valence-electron chi connectivity index (χ2n) is 9.70. The first kappa shape index (κ1) is 23.5. The fraction of sp³-hybridized carbons (Fsp3) is 0.583. The summed E-state index contributed by atoms with van der Waals surface area (Å²) in [6, 6.07) is 7.48. The molecule has 4 rings (SSSR count). The number of nitrogens with zero attached hydrogens (tertiary/aromatic N) is 3. The number of benzene rings is 1. The van der Waals surface area contributed by atoms with Gasteiger partial charge in [-0.05, 0) is 45.2 Å². The highest BCUT2D eigenvalue weighted by molar-refractivity contribution is 5.86. The molecule has 7 nitrogen and oxygen atoms in total. The Morgan fingerprint density at radius 1 is 1.24 bits per heavy atom. The summed E-state index contributed by atoms with van der Waals surface area (Å²) in [7, 11) is 0. The van der Waals surface area contributed by atoms with E-state index in [1.54, 1.807) is 36.4 Å². The molecule has 2 aromatic rings. The van der Waals surface area contributed by atoms with Crippen molar-refractivity contribution >= 4 is 22.9 Å². The van der Waals surface area contributed by atoms with Gasteiger partial charge in [0.05, 0.1) is 19.7 Å². The average molecular weight is 464 g/mol. The van der Waals surface area contributed by atoms with Gasteiger partial charge in [-0.1, -0.05) is 18.2 Å². The second kappa shape index (κ2) is 9.29. The molecule has 1 saturated heterocycles. The van der Waals surface area contributed by atoms with Crippen LogP contribution in [0.1, 0.15) is 39.2 Å². The lowest BCUT2D eigenvalue weighted by atomic mass is 10.1. The van der Waals surface area contributed by atoms with E-state index in [4.69, 9.17) is 9.47 Å². The molecule has 0 N–H and O–H groups in total. The third-order valence-electron chi connectivity index (χ3n) is 5.81. The van der Waals surface area contributed by atoms with E-state index in [-0.39, 0.29) is 25.1 Å². The van der Waals surface area contributed by atoms with Gasteiger partial charge in [0.2, 0.25) is 0 Å². The number of ether oxygens (including phenoxy) is 2. The number of rotatable bonds is 6. The van der Waals surface area contributed by atoms with Gasteiger partial charge in [-0.15, -0.1) is 0 Å². The smallest absolute Gasteiger partial charge is 0.410 e. The molecule has 1 aromatic heterocycles. The van der Waals surface area contributed by atoms with Crippen LogP contribution in [0.5, 0.6) is 0 Å². The molecule has 9 heteroatoms. The van der Waals surface area contributed by atoms with E-state index in [1.807, 2.05) is 24.3 Å². The van der Waals surface area contributed by atoms with Crippen LogP contribution in [0.15, 0.2) is 30.5 Å². The SMILES string of the molecule is CC(C)(C)OC(=O)N1CCOC(C(=O)N(Cc2cn(CC(F)F)c3ccccc23)C2CC2)C1. The van der Waals surface area contributed by atoms with Crippen LogP contribution in [0, 0.1) is 0 Å². The molecule has 1 aliphatic heterocycles. The van der Waals surface area contributed by atoms with Crippen molar-refractivity contribution in [3.05, 3.63) is 36.0 Å². The number of para-hydroxylation sites is 1. The van der Waals surface area contributed by atoms with Gasteiger partial charge in [0, 0.05) is 36.2 Å². The minimum Gasteiger partial charge on any atom is -0.444 e. The van der Waals surface area contributed by atoms with Crippen molar-refractivity contribution < 1.29 is 27.8 Å². The lowest BCUT2D eigenvalue weighted by Gasteiger charge is -2.35. The van der Waals surface area contributed by atoms with Gasteiger partial charge >= 0.3 is 6.09 Å². The summed E-state index contributed by atoms with van der Waals surface area (Å²) in [6.45, 7) is 6.06. The lowest BCUT2D eigenvalue weighted by molar-refractivity contribution is -0.150. The topological polar surface area (TPSA) is 64.0 Å². The summed E-state index contributed by atoms with van der Waals surface area (Å²) in [6.07, 6.45) is -0.204. The predicted molar refractivity (Wildman–Crippen MR) is 119 cm³/mol. The summed E-state index contributed by atoms with van der Waals surface area (Å²) in [4.78, 5) is 29.2. The Balaban J connectivity index is 1.51. The van der Waals surface area contributed by atoms with Gasteiger partial charge in [-0.2, -0.15) is 0 Å². The maximum absolute atomic E-state index is 13.5. The van der Waals surface area contributed by atoms with E-state index in [0.717, 1.165) is 29.3 Å². The normalized spacial score (nSPS) is 19.2. The summed E-state index contributed by atoms with van der Waals surface area (Å²) >= 11 is 0. The number of halogens is 2. The Labute approximate surface area is 192 Å². The molecule has 2 heterocycles. The summed E-state index contributed by atoms with van der Waals surface area (Å²) < 4.78 is 38.9. The molecular formula is C24H31F2N3O4. The number of amides is 2. The second-order valence-corrected chi connectivity index (χ2v) is 9.70. The fourth-order valence-electron chi connectivity index (χ4n) is 4.18. The number of carbonyl (C=O) groups excluding carboxylic acids is 2. The van der Waals surface area contributed by atoms with Crippen molar-refractivity contribution in [2.24, 2.45) is 0 Å². The summed E-state index contributed by atoms with van der Waals surface area (Å²) in [5.74, 6) is -0.184. The standard InChI is InChI=1S/C24H31F2N3O4/c1-24(2,3)33-23(31)27-10-11-32-20(14-27)22(30)29(17-8-9-17)13-16-12-28(15-21(25)26)19-7-5-4-6-18(16)19/h4-7,12,17,20-21H,8-11,13-15H2,1-3H3. The zero-order chi connectivity index (χ0) is 23.8. The lowest BCUT2D eigenvalue weighted by Crippen LogP contribution is -2.53. The molecule has 1 atom stereocenters. The molecule has 180 valence electrons. The highest BCUT2D eigenvalue weighted by Crippen LogP contribution is 2.32. The molecule has 0 spiro atoms. The van der Waals surface area contributed by atoms with Gasteiger partial charge in [-0.25, -0.2) is 13.6 Å². The minimum atomic E-state index is -2.47. The minimum absolute atomic E-state index is 0.0928. The monoisotopic (exact) mass is 463 g/mol. The van der Waals surface area contributed by atoms with Crippen molar-refractivity contribution in [1.82, 2.24) is 14.4 Å². The molecule has 2 fully saturated rings. The number of aromatic nitrogens is 1. The van der Waals surface area contributed by atoms with E-state index < -0.39 is 30.8 Å². The van der Waals surface area contributed by atoms with Crippen LogP contribution in [-0.2, 0) is 27.4 Å². The quantitative estimate of drug-likeness (QED) is 0.649. The first-order chi connectivity index (χ1) is 15.6. The first-order valence-corrected chi connectivity index (χ1v) is 11.4. The van der Waals surface area contributed by atoms with Crippen LogP contribution in [-0.4, -0.2) is 70.2 Å². The third-order valence-corrected chi connectivity index (χ3v) is 5.81. The third kappa shape index (κ3) is 5.63. The first-order valence-electron chi connectivity index (χ1n) is 11.4. The Hall–Kier alpha value is -2.68. The van der Waals surface area contributed by atoms with Crippen LogP contribution < -0.4 is 0 Å². The van der Waals surface area contributed by atoms with Gasteiger partial charge < -0.3 is 23.8 Å². The van der Waals surface area contributed by atoms with Crippen LogP contribution in [0.25, 0.3) is 10.9 Å². The Morgan fingerprint density at radius 2 is 1.97 bits per heavy atom. The van der Waals surface area contributed by atoms with E-state index in [9.17, 15) is 18.4 Å². The molecule has 33 heavy (non-hydrogen) atoms. The Bertz CT molecular complexity index is 1010. The van der Waals surface area contributed by atoms with Gasteiger partial charge in [0.25, 0.3) is 12.3 Å². The molecule has 2 amide bonds. The maximum Gasteiger partial charge on any atom is 0.410 e. The van der Waals surface area contributed by atoms with Crippen LogP contribution in [0.2, 0.25) is 0 Å². The van der Waals surface area contributed by atoms with Crippen LogP contribution in [0.4, 0.5) is 13.6 Å². The van der Waals surface area contributed by atoms with Crippen molar-refractivity contribution in [2.45, 2.75) is 70.9 Å².